The highest BCUT2D eigenvalue weighted by molar-refractivity contribution is 5.85. The molecule has 1 unspecified atom stereocenters. The van der Waals surface area contributed by atoms with Crippen LogP contribution in [0, 0.1) is 5.92 Å². The van der Waals surface area contributed by atoms with Gasteiger partial charge < -0.3 is 10.1 Å². The molecule has 1 heterocycles. The molecule has 0 spiro atoms. The lowest BCUT2D eigenvalue weighted by molar-refractivity contribution is 0.109. The van der Waals surface area contributed by atoms with Gasteiger partial charge in [-0.15, -0.1) is 12.4 Å². The van der Waals surface area contributed by atoms with E-state index in [1.165, 1.54) is 31.4 Å². The van der Waals surface area contributed by atoms with Crippen LogP contribution < -0.4 is 10.1 Å². The maximum Gasteiger partial charge on any atom is 0.123 e. The van der Waals surface area contributed by atoms with Gasteiger partial charge in [0.05, 0.1) is 13.2 Å². The third-order valence-corrected chi connectivity index (χ3v) is 4.57. The first kappa shape index (κ1) is 15.6. The zero-order valence-electron chi connectivity index (χ0n) is 12.2. The van der Waals surface area contributed by atoms with E-state index in [1.54, 1.807) is 7.11 Å². The van der Waals surface area contributed by atoms with Crippen molar-refractivity contribution in [2.24, 2.45) is 5.92 Å². The SMILES string of the molecule is COc1ccccc1C1CNCCN1CC1CCC1.Cl. The molecule has 4 heteroatoms. The van der Waals surface area contributed by atoms with Crippen LogP contribution in [0.3, 0.4) is 0 Å². The van der Waals surface area contributed by atoms with Gasteiger partial charge in [-0.05, 0) is 24.8 Å². The molecule has 0 aromatic heterocycles. The van der Waals surface area contributed by atoms with E-state index in [-0.39, 0.29) is 12.4 Å². The number of hydrogen-bond donors (Lipinski definition) is 1. The molecule has 1 atom stereocenters. The molecule has 3 nitrogen and oxygen atoms in total. The number of rotatable bonds is 4. The average molecular weight is 297 g/mol. The number of ether oxygens (including phenoxy) is 1. The number of nitrogens with zero attached hydrogens (tertiary/aromatic N) is 1. The first-order valence-electron chi connectivity index (χ1n) is 7.46. The van der Waals surface area contributed by atoms with Crippen molar-refractivity contribution in [1.29, 1.82) is 0 Å². The van der Waals surface area contributed by atoms with Crippen LogP contribution in [-0.2, 0) is 0 Å². The van der Waals surface area contributed by atoms with Crippen molar-refractivity contribution in [3.8, 4) is 5.75 Å². The molecule has 20 heavy (non-hydrogen) atoms. The number of halogens is 1. The third kappa shape index (κ3) is 3.27. The Bertz CT molecular complexity index is 423. The van der Waals surface area contributed by atoms with Gasteiger partial charge in [0.25, 0.3) is 0 Å². The first-order chi connectivity index (χ1) is 9.38. The van der Waals surface area contributed by atoms with Gasteiger partial charge in [0.2, 0.25) is 0 Å². The summed E-state index contributed by atoms with van der Waals surface area (Å²) in [4.78, 5) is 2.65. The van der Waals surface area contributed by atoms with Crippen LogP contribution in [0.15, 0.2) is 24.3 Å². The Morgan fingerprint density at radius 2 is 2.10 bits per heavy atom. The van der Waals surface area contributed by atoms with Crippen LogP contribution in [0.4, 0.5) is 0 Å². The fraction of sp³-hybridized carbons (Fsp3) is 0.625. The molecule has 1 aromatic carbocycles. The molecule has 0 radical (unpaired) electrons. The molecule has 0 amide bonds. The van der Waals surface area contributed by atoms with E-state index in [0.717, 1.165) is 31.3 Å². The Morgan fingerprint density at radius 1 is 1.30 bits per heavy atom. The molecule has 3 rings (SSSR count). The molecule has 1 N–H and O–H groups in total. The van der Waals surface area contributed by atoms with Crippen LogP contribution in [0.1, 0.15) is 30.9 Å². The fourth-order valence-corrected chi connectivity index (χ4v) is 3.22. The quantitative estimate of drug-likeness (QED) is 0.925. The van der Waals surface area contributed by atoms with Gasteiger partial charge in [-0.3, -0.25) is 4.90 Å². The zero-order chi connectivity index (χ0) is 13.1. The molecule has 1 aliphatic carbocycles. The molecule has 1 saturated heterocycles. The first-order valence-corrected chi connectivity index (χ1v) is 7.46. The van der Waals surface area contributed by atoms with Crippen LogP contribution >= 0.6 is 12.4 Å². The van der Waals surface area contributed by atoms with E-state index in [1.807, 2.05) is 0 Å². The minimum Gasteiger partial charge on any atom is -0.496 e. The molecule has 112 valence electrons. The Hall–Kier alpha value is -0.770. The maximum atomic E-state index is 5.54. The lowest BCUT2D eigenvalue weighted by atomic mass is 9.84. The summed E-state index contributed by atoms with van der Waals surface area (Å²) in [6.07, 6.45) is 4.27. The largest absolute Gasteiger partial charge is 0.496 e. The summed E-state index contributed by atoms with van der Waals surface area (Å²) < 4.78 is 5.54. The maximum absolute atomic E-state index is 5.54. The van der Waals surface area contributed by atoms with Gasteiger partial charge in [0, 0.05) is 31.7 Å². The lowest BCUT2D eigenvalue weighted by Crippen LogP contribution is -2.48. The Balaban J connectivity index is 0.00000147. The molecule has 2 fully saturated rings. The normalized spacial score (nSPS) is 23.8. The highest BCUT2D eigenvalue weighted by atomic mass is 35.5. The monoisotopic (exact) mass is 296 g/mol. The summed E-state index contributed by atoms with van der Waals surface area (Å²) in [6.45, 7) is 4.55. The summed E-state index contributed by atoms with van der Waals surface area (Å²) in [7, 11) is 1.77. The number of piperazine rings is 1. The summed E-state index contributed by atoms with van der Waals surface area (Å²) in [6, 6.07) is 8.92. The van der Waals surface area contributed by atoms with Gasteiger partial charge >= 0.3 is 0 Å². The van der Waals surface area contributed by atoms with E-state index in [4.69, 9.17) is 4.74 Å². The minimum atomic E-state index is 0. The predicted octanol–water partition coefficient (Wildman–Crippen LogP) is 2.86. The summed E-state index contributed by atoms with van der Waals surface area (Å²) in [5.41, 5.74) is 1.33. The second-order valence-electron chi connectivity index (χ2n) is 5.75. The smallest absolute Gasteiger partial charge is 0.123 e. The molecule has 1 aromatic rings. The molecule has 0 bridgehead atoms. The van der Waals surface area contributed by atoms with Crippen molar-refractivity contribution in [1.82, 2.24) is 10.2 Å². The molecular formula is C16H25ClN2O. The van der Waals surface area contributed by atoms with Gasteiger partial charge in [-0.2, -0.15) is 0 Å². The Morgan fingerprint density at radius 3 is 2.80 bits per heavy atom. The van der Waals surface area contributed by atoms with Crippen molar-refractivity contribution in [2.45, 2.75) is 25.3 Å². The fourth-order valence-electron chi connectivity index (χ4n) is 3.22. The number of hydrogen-bond acceptors (Lipinski definition) is 3. The lowest BCUT2D eigenvalue weighted by Gasteiger charge is -2.41. The number of methoxy groups -OCH3 is 1. The molecule has 2 aliphatic rings. The highest BCUT2D eigenvalue weighted by Gasteiger charge is 2.29. The van der Waals surface area contributed by atoms with E-state index in [2.05, 4.69) is 34.5 Å². The van der Waals surface area contributed by atoms with Crippen molar-refractivity contribution >= 4 is 12.4 Å². The Labute approximate surface area is 128 Å². The van der Waals surface area contributed by atoms with Crippen LogP contribution in [0.2, 0.25) is 0 Å². The number of para-hydroxylation sites is 1. The van der Waals surface area contributed by atoms with Gasteiger partial charge in [0.1, 0.15) is 5.75 Å². The average Bonchev–Trinajstić information content (AvgIpc) is 2.43. The number of nitrogens with one attached hydrogen (secondary N) is 1. The second-order valence-corrected chi connectivity index (χ2v) is 5.75. The topological polar surface area (TPSA) is 24.5 Å². The summed E-state index contributed by atoms with van der Waals surface area (Å²) >= 11 is 0. The van der Waals surface area contributed by atoms with E-state index >= 15 is 0 Å². The van der Waals surface area contributed by atoms with E-state index < -0.39 is 0 Å². The van der Waals surface area contributed by atoms with Crippen molar-refractivity contribution < 1.29 is 4.74 Å². The van der Waals surface area contributed by atoms with Gasteiger partial charge in [0.15, 0.2) is 0 Å². The van der Waals surface area contributed by atoms with Crippen molar-refractivity contribution in [2.75, 3.05) is 33.3 Å². The third-order valence-electron chi connectivity index (χ3n) is 4.57. The van der Waals surface area contributed by atoms with Crippen LogP contribution in [0.5, 0.6) is 5.75 Å². The summed E-state index contributed by atoms with van der Waals surface area (Å²) in [5.74, 6) is 1.95. The van der Waals surface area contributed by atoms with E-state index in [0.29, 0.717) is 6.04 Å². The van der Waals surface area contributed by atoms with Crippen LogP contribution in [0.25, 0.3) is 0 Å². The van der Waals surface area contributed by atoms with E-state index in [9.17, 15) is 0 Å². The predicted molar refractivity (Wildman–Crippen MR) is 84.8 cm³/mol. The Kier molecular flexibility index (Phi) is 5.70. The minimum absolute atomic E-state index is 0. The van der Waals surface area contributed by atoms with Gasteiger partial charge in [-0.25, -0.2) is 0 Å². The van der Waals surface area contributed by atoms with Gasteiger partial charge in [-0.1, -0.05) is 24.6 Å². The standard InChI is InChI=1S/C16H24N2O.ClH/c1-19-16-8-3-2-7-14(16)15-11-17-9-10-18(15)12-13-5-4-6-13;/h2-3,7-8,13,15,17H,4-6,9-12H2,1H3;1H. The van der Waals surface area contributed by atoms with Crippen molar-refractivity contribution in [3.05, 3.63) is 29.8 Å². The molecular weight excluding hydrogens is 272 g/mol. The highest BCUT2D eigenvalue weighted by Crippen LogP contribution is 2.34. The van der Waals surface area contributed by atoms with Crippen LogP contribution in [-0.4, -0.2) is 38.2 Å². The number of benzene rings is 1. The second kappa shape index (κ2) is 7.30. The molecule has 1 aliphatic heterocycles. The zero-order valence-corrected chi connectivity index (χ0v) is 13.0. The van der Waals surface area contributed by atoms with Crippen molar-refractivity contribution in [3.63, 3.8) is 0 Å². The molecule has 1 saturated carbocycles. The summed E-state index contributed by atoms with van der Waals surface area (Å²) in [5, 5.41) is 3.53.